The van der Waals surface area contributed by atoms with Crippen molar-refractivity contribution in [3.05, 3.63) is 59.1 Å². The monoisotopic (exact) mass is 383 g/mol. The highest BCUT2D eigenvalue weighted by Gasteiger charge is 2.34. The van der Waals surface area contributed by atoms with E-state index in [2.05, 4.69) is 40.3 Å². The Morgan fingerprint density at radius 1 is 1.25 bits per heavy atom. The average molecular weight is 384 g/mol. The van der Waals surface area contributed by atoms with E-state index in [1.54, 1.807) is 0 Å². The summed E-state index contributed by atoms with van der Waals surface area (Å²) in [7, 11) is 0. The first-order valence-electron chi connectivity index (χ1n) is 10.6. The molecule has 0 amide bonds. The third-order valence-electron chi connectivity index (χ3n) is 5.89. The summed E-state index contributed by atoms with van der Waals surface area (Å²) < 4.78 is 0. The van der Waals surface area contributed by atoms with Gasteiger partial charge in [0.2, 0.25) is 0 Å². The van der Waals surface area contributed by atoms with Gasteiger partial charge >= 0.3 is 0 Å². The van der Waals surface area contributed by atoms with E-state index in [9.17, 15) is 4.79 Å². The number of likely N-dealkylation sites (tertiary alicyclic amines) is 1. The zero-order chi connectivity index (χ0) is 19.9. The van der Waals surface area contributed by atoms with Crippen LogP contribution in [0.2, 0.25) is 0 Å². The molecule has 2 heterocycles. The fourth-order valence-corrected chi connectivity index (χ4v) is 4.10. The van der Waals surface area contributed by atoms with E-state index in [1.807, 2.05) is 25.2 Å². The Balaban J connectivity index is 1.90. The molecule has 28 heavy (non-hydrogen) atoms. The molecule has 2 aliphatic heterocycles. The molecule has 2 saturated heterocycles. The van der Waals surface area contributed by atoms with Crippen molar-refractivity contribution in [2.45, 2.75) is 46.0 Å². The molecule has 0 aromatic heterocycles. The van der Waals surface area contributed by atoms with Crippen LogP contribution in [0.3, 0.4) is 0 Å². The van der Waals surface area contributed by atoms with Crippen LogP contribution in [-0.4, -0.2) is 42.0 Å². The Bertz CT molecular complexity index is 719. The molecule has 0 radical (unpaired) electrons. The quantitative estimate of drug-likeness (QED) is 0.691. The van der Waals surface area contributed by atoms with E-state index >= 15 is 0 Å². The summed E-state index contributed by atoms with van der Waals surface area (Å²) in [4.78, 5) is 18.5. The summed E-state index contributed by atoms with van der Waals surface area (Å²) in [6, 6.07) is 0. The van der Waals surface area contributed by atoms with Crippen molar-refractivity contribution in [1.29, 1.82) is 0 Å². The van der Waals surface area contributed by atoms with Gasteiger partial charge < -0.3 is 16.0 Å². The minimum atomic E-state index is -0.111. The molecular formula is C23H35N4O+. The Morgan fingerprint density at radius 2 is 2.00 bits per heavy atom. The number of piperidine rings is 1. The molecule has 1 unspecified atom stereocenters. The first-order chi connectivity index (χ1) is 13.6. The molecule has 0 bridgehead atoms. The Labute approximate surface area is 169 Å². The van der Waals surface area contributed by atoms with Crippen LogP contribution in [0.4, 0.5) is 0 Å². The first kappa shape index (κ1) is 20.5. The second-order valence-corrected chi connectivity index (χ2v) is 7.97. The highest BCUT2D eigenvalue weighted by molar-refractivity contribution is 5.99. The van der Waals surface area contributed by atoms with E-state index in [4.69, 9.17) is 5.73 Å². The van der Waals surface area contributed by atoms with Gasteiger partial charge in [-0.05, 0) is 58.1 Å². The summed E-state index contributed by atoms with van der Waals surface area (Å²) >= 11 is 0. The first-order valence-corrected chi connectivity index (χ1v) is 10.6. The molecule has 5 heteroatoms. The van der Waals surface area contributed by atoms with E-state index in [0.29, 0.717) is 0 Å². The number of carbonyl (C=O) groups excluding carboxylic acids is 1. The number of nitrogens with two attached hydrogens (primary N) is 2. The molecule has 5 nitrogen and oxygen atoms in total. The number of quaternary nitrogens is 1. The number of hydrogen-bond donors (Lipinski definition) is 2. The van der Waals surface area contributed by atoms with Crippen molar-refractivity contribution in [1.82, 2.24) is 9.80 Å². The summed E-state index contributed by atoms with van der Waals surface area (Å²) in [6.07, 6.45) is 17.3. The van der Waals surface area contributed by atoms with Crippen molar-refractivity contribution < 1.29 is 10.1 Å². The lowest BCUT2D eigenvalue weighted by Crippen LogP contribution is -2.99. The topological polar surface area (TPSA) is 66.2 Å². The summed E-state index contributed by atoms with van der Waals surface area (Å²) in [5.74, 6) is 0.153. The van der Waals surface area contributed by atoms with Crippen molar-refractivity contribution in [2.75, 3.05) is 26.4 Å². The third-order valence-corrected chi connectivity index (χ3v) is 5.89. The zero-order valence-corrected chi connectivity index (χ0v) is 17.4. The number of hydrogen-bond acceptors (Lipinski definition) is 4. The van der Waals surface area contributed by atoms with Crippen molar-refractivity contribution in [3.8, 4) is 0 Å². The Kier molecular flexibility index (Phi) is 7.15. The molecule has 152 valence electrons. The van der Waals surface area contributed by atoms with Crippen LogP contribution in [-0.2, 0) is 4.79 Å². The van der Waals surface area contributed by atoms with Crippen LogP contribution in [0.25, 0.3) is 0 Å². The highest BCUT2D eigenvalue weighted by atomic mass is 16.1. The van der Waals surface area contributed by atoms with Gasteiger partial charge in [-0.1, -0.05) is 29.9 Å². The fourth-order valence-electron chi connectivity index (χ4n) is 4.10. The molecule has 0 saturated carbocycles. The molecule has 1 aliphatic carbocycles. The minimum absolute atomic E-state index is 0.111. The number of nitrogens with zero attached hydrogens (tertiary/aromatic N) is 2. The molecule has 3 rings (SSSR count). The van der Waals surface area contributed by atoms with Crippen LogP contribution in [0, 0.1) is 5.92 Å². The predicted molar refractivity (Wildman–Crippen MR) is 114 cm³/mol. The second-order valence-electron chi connectivity index (χ2n) is 7.97. The molecule has 0 spiro atoms. The molecule has 4 N–H and O–H groups in total. The lowest BCUT2D eigenvalue weighted by atomic mass is 9.86. The number of ketones is 1. The van der Waals surface area contributed by atoms with Gasteiger partial charge in [0, 0.05) is 24.7 Å². The largest absolute Gasteiger partial charge is 0.402 e. The van der Waals surface area contributed by atoms with E-state index in [-0.39, 0.29) is 11.7 Å². The summed E-state index contributed by atoms with van der Waals surface area (Å²) in [5, 5.41) is 2.25. The Morgan fingerprint density at radius 3 is 2.64 bits per heavy atom. The van der Waals surface area contributed by atoms with E-state index in [1.165, 1.54) is 19.3 Å². The van der Waals surface area contributed by atoms with Gasteiger partial charge in [0.05, 0.1) is 5.70 Å². The molecule has 2 fully saturated rings. The normalized spacial score (nSPS) is 29.9. The van der Waals surface area contributed by atoms with E-state index in [0.717, 1.165) is 61.9 Å². The maximum atomic E-state index is 13.8. The molecule has 1 atom stereocenters. The molecule has 3 aliphatic rings. The molecular weight excluding hydrogens is 348 g/mol. The lowest BCUT2D eigenvalue weighted by Gasteiger charge is -2.38. The van der Waals surface area contributed by atoms with Crippen LogP contribution in [0.1, 0.15) is 46.0 Å². The van der Waals surface area contributed by atoms with E-state index < -0.39 is 0 Å². The van der Waals surface area contributed by atoms with Gasteiger partial charge in [0.25, 0.3) is 0 Å². The van der Waals surface area contributed by atoms with Gasteiger partial charge in [-0.2, -0.15) is 0 Å². The predicted octanol–water partition coefficient (Wildman–Crippen LogP) is 2.38. The second kappa shape index (κ2) is 9.78. The molecule has 0 aromatic carbocycles. The van der Waals surface area contributed by atoms with Crippen LogP contribution < -0.4 is 11.1 Å². The van der Waals surface area contributed by atoms with Gasteiger partial charge in [-0.15, -0.1) is 0 Å². The minimum Gasteiger partial charge on any atom is -0.402 e. The van der Waals surface area contributed by atoms with Crippen LogP contribution in [0.15, 0.2) is 59.1 Å². The lowest BCUT2D eigenvalue weighted by molar-refractivity contribution is -0.754. The number of carbonyl (C=O) groups is 1. The highest BCUT2D eigenvalue weighted by Crippen LogP contribution is 2.31. The number of allylic oxidation sites excluding steroid dienone is 9. The van der Waals surface area contributed by atoms with Gasteiger partial charge in [0.15, 0.2) is 19.1 Å². The average Bonchev–Trinajstić information content (AvgIpc) is 2.65. The SMILES string of the molecule is C/C=C\C=C(/N)CCC1C(=O)\C(N2CCCCC2)=C(N2C[NH2+]C2)/C=C/C=C/1C. The standard InChI is InChI=1S/C23H34N4O/c1-3-4-10-19(24)12-13-20-18(2)9-8-11-21(27-16-25-17-27)22(23(20)28)26-14-6-5-7-15-26/h3-4,8-11,20,25H,5-7,12-17,24H2,1-2H3/p+1/b4-3-,11-8+,18-9+,19-10-,22-21-. The smallest absolute Gasteiger partial charge is 0.188 e. The van der Waals surface area contributed by atoms with Crippen molar-refractivity contribution in [3.63, 3.8) is 0 Å². The fraction of sp³-hybridized carbons (Fsp3) is 0.522. The number of rotatable bonds is 6. The van der Waals surface area contributed by atoms with Gasteiger partial charge in [-0.25, -0.2) is 0 Å². The number of Topliss-reactive ketones (excluding diaryl/α,β-unsaturated/α-hetero) is 1. The van der Waals surface area contributed by atoms with Crippen molar-refractivity contribution >= 4 is 5.78 Å². The van der Waals surface area contributed by atoms with Gasteiger partial charge in [-0.3, -0.25) is 9.69 Å². The third kappa shape index (κ3) is 4.76. The summed E-state index contributed by atoms with van der Waals surface area (Å²) in [6.45, 7) is 7.87. The Hall–Kier alpha value is -2.27. The maximum absolute atomic E-state index is 13.8. The van der Waals surface area contributed by atoms with Crippen molar-refractivity contribution in [2.24, 2.45) is 11.7 Å². The van der Waals surface area contributed by atoms with Crippen LogP contribution >= 0.6 is 0 Å². The van der Waals surface area contributed by atoms with Crippen LogP contribution in [0.5, 0.6) is 0 Å². The van der Waals surface area contributed by atoms with Gasteiger partial charge in [0.1, 0.15) is 5.70 Å². The zero-order valence-electron chi connectivity index (χ0n) is 17.4. The summed E-state index contributed by atoms with van der Waals surface area (Å²) in [5.41, 5.74) is 10.1. The molecule has 0 aromatic rings. The maximum Gasteiger partial charge on any atom is 0.188 e.